The van der Waals surface area contributed by atoms with Crippen LogP contribution in [0, 0.1) is 0 Å². The highest BCUT2D eigenvalue weighted by molar-refractivity contribution is 5.95. The number of nitrogens with zero attached hydrogens (tertiary/aromatic N) is 1. The Balaban J connectivity index is 2.00. The number of rotatable bonds is 5. The van der Waals surface area contributed by atoms with Gasteiger partial charge in [-0.3, -0.25) is 9.59 Å². The van der Waals surface area contributed by atoms with Gasteiger partial charge in [0, 0.05) is 37.5 Å². The Kier molecular flexibility index (Phi) is 4.78. The highest BCUT2D eigenvalue weighted by atomic mass is 16.2. The largest absolute Gasteiger partial charge is 0.378 e. The van der Waals surface area contributed by atoms with E-state index in [9.17, 15) is 9.59 Å². The Morgan fingerprint density at radius 2 is 1.73 bits per heavy atom. The number of carbonyl (C=O) groups excluding carboxylic acids is 2. The number of hydrogen-bond acceptors (Lipinski definition) is 3. The fourth-order valence-corrected chi connectivity index (χ4v) is 2.03. The third-order valence-corrected chi connectivity index (χ3v) is 3.31. The van der Waals surface area contributed by atoms with Crippen molar-refractivity contribution in [2.75, 3.05) is 19.0 Å². The van der Waals surface area contributed by atoms with Gasteiger partial charge < -0.3 is 16.0 Å². The Hall–Kier alpha value is -2.82. The first kappa shape index (κ1) is 15.6. The molecule has 0 bridgehead atoms. The van der Waals surface area contributed by atoms with Crippen molar-refractivity contribution >= 4 is 17.5 Å². The maximum absolute atomic E-state index is 12.1. The Bertz CT molecular complexity index is 679. The second-order valence-corrected chi connectivity index (χ2v) is 5.19. The lowest BCUT2D eigenvalue weighted by molar-refractivity contribution is 0.0950. The van der Waals surface area contributed by atoms with Crippen LogP contribution in [-0.2, 0) is 6.54 Å². The van der Waals surface area contributed by atoms with Crippen LogP contribution >= 0.6 is 0 Å². The third-order valence-electron chi connectivity index (χ3n) is 3.31. The molecular formula is C17H19N3O2. The van der Waals surface area contributed by atoms with Crippen molar-refractivity contribution in [3.63, 3.8) is 0 Å². The topological polar surface area (TPSA) is 75.4 Å². The monoisotopic (exact) mass is 297 g/mol. The quantitative estimate of drug-likeness (QED) is 0.883. The zero-order chi connectivity index (χ0) is 16.1. The average Bonchev–Trinajstić information content (AvgIpc) is 2.53. The van der Waals surface area contributed by atoms with E-state index in [1.807, 2.05) is 37.2 Å². The van der Waals surface area contributed by atoms with Gasteiger partial charge in [-0.05, 0) is 42.0 Å². The second kappa shape index (κ2) is 6.76. The van der Waals surface area contributed by atoms with Gasteiger partial charge in [0.25, 0.3) is 5.91 Å². The normalized spacial score (nSPS) is 10.1. The molecule has 0 aliphatic carbocycles. The van der Waals surface area contributed by atoms with Crippen LogP contribution in [-0.4, -0.2) is 25.9 Å². The molecule has 114 valence electrons. The SMILES string of the molecule is CN(C)c1ccc(C(=O)NCc2cccc(C(N)=O)c2)cc1. The van der Waals surface area contributed by atoms with E-state index in [0.29, 0.717) is 17.7 Å². The molecule has 0 fully saturated rings. The van der Waals surface area contributed by atoms with Gasteiger partial charge in [-0.2, -0.15) is 0 Å². The van der Waals surface area contributed by atoms with E-state index >= 15 is 0 Å². The first-order valence-corrected chi connectivity index (χ1v) is 6.91. The molecule has 0 atom stereocenters. The van der Waals surface area contributed by atoms with Crippen LogP contribution in [0.4, 0.5) is 5.69 Å². The minimum atomic E-state index is -0.479. The van der Waals surface area contributed by atoms with Crippen molar-refractivity contribution in [1.29, 1.82) is 0 Å². The van der Waals surface area contributed by atoms with E-state index in [2.05, 4.69) is 5.32 Å². The molecule has 0 spiro atoms. The second-order valence-electron chi connectivity index (χ2n) is 5.19. The average molecular weight is 297 g/mol. The van der Waals surface area contributed by atoms with Crippen LogP contribution in [0.5, 0.6) is 0 Å². The minimum Gasteiger partial charge on any atom is -0.378 e. The van der Waals surface area contributed by atoms with E-state index in [1.165, 1.54) is 0 Å². The van der Waals surface area contributed by atoms with E-state index in [1.54, 1.807) is 30.3 Å². The summed E-state index contributed by atoms with van der Waals surface area (Å²) < 4.78 is 0. The molecule has 0 heterocycles. The molecule has 0 radical (unpaired) electrons. The van der Waals surface area contributed by atoms with Gasteiger partial charge in [-0.15, -0.1) is 0 Å². The highest BCUT2D eigenvalue weighted by Crippen LogP contribution is 2.12. The maximum Gasteiger partial charge on any atom is 0.251 e. The highest BCUT2D eigenvalue weighted by Gasteiger charge is 2.07. The zero-order valence-corrected chi connectivity index (χ0v) is 12.7. The van der Waals surface area contributed by atoms with E-state index in [0.717, 1.165) is 11.3 Å². The maximum atomic E-state index is 12.1. The van der Waals surface area contributed by atoms with Crippen LogP contribution in [0.25, 0.3) is 0 Å². The summed E-state index contributed by atoms with van der Waals surface area (Å²) in [6.07, 6.45) is 0. The number of nitrogens with one attached hydrogen (secondary N) is 1. The molecule has 22 heavy (non-hydrogen) atoms. The van der Waals surface area contributed by atoms with Crippen LogP contribution in [0.1, 0.15) is 26.3 Å². The molecule has 2 aromatic carbocycles. The van der Waals surface area contributed by atoms with Crippen molar-refractivity contribution in [2.24, 2.45) is 5.73 Å². The smallest absolute Gasteiger partial charge is 0.251 e. The molecular weight excluding hydrogens is 278 g/mol. The van der Waals surface area contributed by atoms with Crippen LogP contribution in [0.3, 0.4) is 0 Å². The van der Waals surface area contributed by atoms with Crippen molar-refractivity contribution in [3.8, 4) is 0 Å². The summed E-state index contributed by atoms with van der Waals surface area (Å²) in [4.78, 5) is 25.2. The van der Waals surface area contributed by atoms with Crippen LogP contribution in [0.15, 0.2) is 48.5 Å². The molecule has 0 saturated carbocycles. The van der Waals surface area contributed by atoms with Crippen LogP contribution < -0.4 is 16.0 Å². The summed E-state index contributed by atoms with van der Waals surface area (Å²) in [6.45, 7) is 0.343. The lowest BCUT2D eigenvalue weighted by atomic mass is 10.1. The lowest BCUT2D eigenvalue weighted by Gasteiger charge is -2.12. The Labute approximate surface area is 129 Å². The summed E-state index contributed by atoms with van der Waals surface area (Å²) in [5.41, 5.74) is 8.13. The van der Waals surface area contributed by atoms with Gasteiger partial charge in [0.05, 0.1) is 0 Å². The number of primary amides is 1. The lowest BCUT2D eigenvalue weighted by Crippen LogP contribution is -2.23. The predicted octanol–water partition coefficient (Wildman–Crippen LogP) is 1.78. The molecule has 0 aliphatic rings. The summed E-state index contributed by atoms with van der Waals surface area (Å²) >= 11 is 0. The summed E-state index contributed by atoms with van der Waals surface area (Å²) in [7, 11) is 3.89. The fourth-order valence-electron chi connectivity index (χ4n) is 2.03. The van der Waals surface area contributed by atoms with Gasteiger partial charge in [0.2, 0.25) is 5.91 Å². The predicted molar refractivity (Wildman–Crippen MR) is 86.9 cm³/mol. The van der Waals surface area contributed by atoms with Crippen molar-refractivity contribution in [1.82, 2.24) is 5.32 Å². The van der Waals surface area contributed by atoms with E-state index in [-0.39, 0.29) is 5.91 Å². The van der Waals surface area contributed by atoms with Gasteiger partial charge in [-0.25, -0.2) is 0 Å². The summed E-state index contributed by atoms with van der Waals surface area (Å²) in [5.74, 6) is -0.637. The van der Waals surface area contributed by atoms with E-state index < -0.39 is 5.91 Å². The summed E-state index contributed by atoms with van der Waals surface area (Å²) in [6, 6.07) is 14.3. The molecule has 3 N–H and O–H groups in total. The number of benzene rings is 2. The molecule has 0 unspecified atom stereocenters. The molecule has 0 saturated heterocycles. The van der Waals surface area contributed by atoms with Crippen molar-refractivity contribution in [3.05, 3.63) is 65.2 Å². The van der Waals surface area contributed by atoms with Crippen molar-refractivity contribution < 1.29 is 9.59 Å². The number of hydrogen-bond donors (Lipinski definition) is 2. The molecule has 2 amide bonds. The van der Waals surface area contributed by atoms with Gasteiger partial charge in [0.1, 0.15) is 0 Å². The molecule has 2 rings (SSSR count). The number of carbonyl (C=O) groups is 2. The molecule has 0 aromatic heterocycles. The molecule has 0 aliphatic heterocycles. The standard InChI is InChI=1S/C17H19N3O2/c1-20(2)15-8-6-13(7-9-15)17(22)19-11-12-4-3-5-14(10-12)16(18)21/h3-10H,11H2,1-2H3,(H2,18,21)(H,19,22). The Morgan fingerprint density at radius 3 is 2.32 bits per heavy atom. The molecule has 2 aromatic rings. The first-order chi connectivity index (χ1) is 10.5. The number of amides is 2. The van der Waals surface area contributed by atoms with E-state index in [4.69, 9.17) is 5.73 Å². The first-order valence-electron chi connectivity index (χ1n) is 6.91. The third kappa shape index (κ3) is 3.85. The summed E-state index contributed by atoms with van der Waals surface area (Å²) in [5, 5.41) is 2.83. The fraction of sp³-hybridized carbons (Fsp3) is 0.176. The number of nitrogens with two attached hydrogens (primary N) is 1. The Morgan fingerprint density at radius 1 is 1.05 bits per heavy atom. The number of anilines is 1. The van der Waals surface area contributed by atoms with Gasteiger partial charge in [-0.1, -0.05) is 12.1 Å². The minimum absolute atomic E-state index is 0.158. The van der Waals surface area contributed by atoms with Crippen molar-refractivity contribution in [2.45, 2.75) is 6.54 Å². The zero-order valence-electron chi connectivity index (χ0n) is 12.7. The van der Waals surface area contributed by atoms with Gasteiger partial charge >= 0.3 is 0 Å². The molecule has 5 heteroatoms. The van der Waals surface area contributed by atoms with Crippen LogP contribution in [0.2, 0.25) is 0 Å². The van der Waals surface area contributed by atoms with Gasteiger partial charge in [0.15, 0.2) is 0 Å². The molecule has 5 nitrogen and oxygen atoms in total.